The summed E-state index contributed by atoms with van der Waals surface area (Å²) in [4.78, 5) is 5.12. The number of thiazole rings is 1. The van der Waals surface area contributed by atoms with Crippen molar-refractivity contribution in [1.82, 2.24) is 4.98 Å². The number of thioether (sulfide) groups is 1. The maximum atomic E-state index is 10.6. The monoisotopic (exact) mass is 293 g/mol. The highest BCUT2D eigenvalue weighted by Gasteiger charge is 2.41. The van der Waals surface area contributed by atoms with E-state index in [4.69, 9.17) is 0 Å². The minimum atomic E-state index is -0.678. The molecule has 5 heteroatoms. The van der Waals surface area contributed by atoms with E-state index in [1.165, 1.54) is 11.3 Å². The second kappa shape index (κ2) is 4.12. The molecule has 1 fully saturated rings. The first-order valence-corrected chi connectivity index (χ1v) is 7.30. The van der Waals surface area contributed by atoms with Crippen molar-refractivity contribution in [3.63, 3.8) is 0 Å². The zero-order valence-corrected chi connectivity index (χ0v) is 11.1. The van der Waals surface area contributed by atoms with Crippen molar-refractivity contribution in [3.8, 4) is 0 Å². The number of hydrogen-bond donors (Lipinski definition) is 1. The summed E-state index contributed by atoms with van der Waals surface area (Å²) in [5.41, 5.74) is 1.10. The maximum absolute atomic E-state index is 10.6. The Labute approximate surface area is 100 Å². The molecule has 2 heterocycles. The van der Waals surface area contributed by atoms with Crippen LogP contribution in [0.2, 0.25) is 0 Å². The van der Waals surface area contributed by atoms with Crippen LogP contribution in [0.5, 0.6) is 0 Å². The van der Waals surface area contributed by atoms with Gasteiger partial charge in [-0.25, -0.2) is 4.98 Å². The molecule has 14 heavy (non-hydrogen) atoms. The van der Waals surface area contributed by atoms with Crippen molar-refractivity contribution in [1.29, 1.82) is 0 Å². The molecule has 2 unspecified atom stereocenters. The van der Waals surface area contributed by atoms with Crippen LogP contribution in [0, 0.1) is 0 Å². The number of nitrogens with zero attached hydrogens (tertiary/aromatic N) is 1. The van der Waals surface area contributed by atoms with Crippen LogP contribution in [0.4, 0.5) is 0 Å². The van der Waals surface area contributed by atoms with E-state index in [0.717, 1.165) is 28.1 Å². The Hall–Kier alpha value is 0.420. The van der Waals surface area contributed by atoms with Gasteiger partial charge in [-0.1, -0.05) is 6.92 Å². The van der Waals surface area contributed by atoms with Gasteiger partial charge in [-0.3, -0.25) is 0 Å². The topological polar surface area (TPSA) is 33.1 Å². The van der Waals surface area contributed by atoms with Crippen LogP contribution in [-0.4, -0.2) is 21.1 Å². The molecule has 2 atom stereocenters. The van der Waals surface area contributed by atoms with Gasteiger partial charge in [-0.15, -0.1) is 11.3 Å². The summed E-state index contributed by atoms with van der Waals surface area (Å²) >= 11 is 6.77. The summed E-state index contributed by atoms with van der Waals surface area (Å²) in [6, 6.07) is 0. The third-order valence-electron chi connectivity index (χ3n) is 2.66. The lowest BCUT2D eigenvalue weighted by Gasteiger charge is -2.36. The number of hydrogen-bond acceptors (Lipinski definition) is 4. The van der Waals surface area contributed by atoms with Crippen LogP contribution in [-0.2, 0) is 5.60 Å². The molecule has 0 saturated carbocycles. The number of aliphatic hydroxyl groups is 1. The molecule has 0 aromatic carbocycles. The van der Waals surface area contributed by atoms with E-state index >= 15 is 0 Å². The van der Waals surface area contributed by atoms with Crippen molar-refractivity contribution >= 4 is 39.0 Å². The Kier molecular flexibility index (Phi) is 3.21. The van der Waals surface area contributed by atoms with Crippen molar-refractivity contribution in [3.05, 3.63) is 15.0 Å². The standard InChI is InChI=1S/C9H12BrNOS2/c1-6-9(12,3-2-4-13-6)7-8(10)11-5-14-7/h5-6,12H,2-4H2,1H3. The maximum Gasteiger partial charge on any atom is 0.123 e. The molecule has 78 valence electrons. The fourth-order valence-corrected chi connectivity index (χ4v) is 4.76. The van der Waals surface area contributed by atoms with E-state index in [1.54, 1.807) is 5.51 Å². The lowest BCUT2D eigenvalue weighted by Crippen LogP contribution is -2.38. The molecule has 2 nitrogen and oxygen atoms in total. The van der Waals surface area contributed by atoms with Gasteiger partial charge in [0.15, 0.2) is 0 Å². The van der Waals surface area contributed by atoms with Crippen molar-refractivity contribution in [2.75, 3.05) is 5.75 Å². The first-order chi connectivity index (χ1) is 6.64. The molecule has 0 spiro atoms. The summed E-state index contributed by atoms with van der Waals surface area (Å²) in [5.74, 6) is 1.15. The van der Waals surface area contributed by atoms with Crippen LogP contribution in [0.15, 0.2) is 10.1 Å². The summed E-state index contributed by atoms with van der Waals surface area (Å²) in [6.45, 7) is 2.09. The van der Waals surface area contributed by atoms with E-state index < -0.39 is 5.60 Å². The third kappa shape index (κ3) is 1.75. The largest absolute Gasteiger partial charge is 0.383 e. The highest BCUT2D eigenvalue weighted by molar-refractivity contribution is 9.10. The number of rotatable bonds is 1. The van der Waals surface area contributed by atoms with E-state index in [1.807, 2.05) is 11.8 Å². The van der Waals surface area contributed by atoms with Crippen molar-refractivity contribution < 1.29 is 5.11 Å². The normalized spacial score (nSPS) is 33.2. The Morgan fingerprint density at radius 3 is 3.07 bits per heavy atom. The minimum absolute atomic E-state index is 0.257. The molecule has 0 radical (unpaired) electrons. The average Bonchev–Trinajstić information content (AvgIpc) is 2.57. The van der Waals surface area contributed by atoms with Crippen LogP contribution >= 0.6 is 39.0 Å². The second-order valence-electron chi connectivity index (χ2n) is 3.51. The Morgan fingerprint density at radius 2 is 2.50 bits per heavy atom. The van der Waals surface area contributed by atoms with Gasteiger partial charge in [0, 0.05) is 5.25 Å². The van der Waals surface area contributed by atoms with Crippen LogP contribution in [0.25, 0.3) is 0 Å². The Balaban J connectivity index is 2.34. The molecular weight excluding hydrogens is 282 g/mol. The van der Waals surface area contributed by atoms with Crippen molar-refractivity contribution in [2.24, 2.45) is 0 Å². The minimum Gasteiger partial charge on any atom is -0.383 e. The first kappa shape index (κ1) is 10.9. The molecule has 1 aliphatic heterocycles. The van der Waals surface area contributed by atoms with E-state index in [-0.39, 0.29) is 5.25 Å². The van der Waals surface area contributed by atoms with Crippen LogP contribution < -0.4 is 0 Å². The average molecular weight is 294 g/mol. The highest BCUT2D eigenvalue weighted by atomic mass is 79.9. The van der Waals surface area contributed by atoms with Gasteiger partial charge in [-0.2, -0.15) is 11.8 Å². The molecule has 0 bridgehead atoms. The molecule has 1 aliphatic rings. The summed E-state index contributed by atoms with van der Waals surface area (Å²) < 4.78 is 0.805. The Bertz CT molecular complexity index is 330. The van der Waals surface area contributed by atoms with Gasteiger partial charge in [-0.05, 0) is 34.5 Å². The van der Waals surface area contributed by atoms with E-state index in [2.05, 4.69) is 27.8 Å². The van der Waals surface area contributed by atoms with Gasteiger partial charge < -0.3 is 5.11 Å². The zero-order valence-electron chi connectivity index (χ0n) is 7.86. The van der Waals surface area contributed by atoms with Gasteiger partial charge in [0.25, 0.3) is 0 Å². The molecule has 1 saturated heterocycles. The SMILES string of the molecule is CC1SCCCC1(O)c1scnc1Br. The predicted octanol–water partition coefficient (Wildman–Crippen LogP) is 3.01. The molecule has 1 N–H and O–H groups in total. The molecule has 1 aromatic heterocycles. The van der Waals surface area contributed by atoms with Gasteiger partial charge in [0.1, 0.15) is 10.2 Å². The van der Waals surface area contributed by atoms with E-state index in [9.17, 15) is 5.11 Å². The predicted molar refractivity (Wildman–Crippen MR) is 64.9 cm³/mol. The van der Waals surface area contributed by atoms with Crippen LogP contribution in [0.3, 0.4) is 0 Å². The van der Waals surface area contributed by atoms with Gasteiger partial charge >= 0.3 is 0 Å². The fourth-order valence-electron chi connectivity index (χ4n) is 1.75. The summed E-state index contributed by atoms with van der Waals surface area (Å²) in [5, 5.41) is 10.9. The smallest absolute Gasteiger partial charge is 0.123 e. The fraction of sp³-hybridized carbons (Fsp3) is 0.667. The molecular formula is C9H12BrNOS2. The van der Waals surface area contributed by atoms with Gasteiger partial charge in [0.2, 0.25) is 0 Å². The highest BCUT2D eigenvalue weighted by Crippen LogP contribution is 2.45. The van der Waals surface area contributed by atoms with Gasteiger partial charge in [0.05, 0.1) is 10.4 Å². The first-order valence-electron chi connectivity index (χ1n) is 4.58. The summed E-state index contributed by atoms with van der Waals surface area (Å²) in [6.07, 6.45) is 1.93. The zero-order chi connectivity index (χ0) is 10.2. The quantitative estimate of drug-likeness (QED) is 0.864. The number of halogens is 1. The van der Waals surface area contributed by atoms with Crippen molar-refractivity contribution in [2.45, 2.75) is 30.6 Å². The Morgan fingerprint density at radius 1 is 1.71 bits per heavy atom. The molecule has 1 aromatic rings. The molecule has 2 rings (SSSR count). The van der Waals surface area contributed by atoms with Crippen LogP contribution in [0.1, 0.15) is 24.6 Å². The number of aromatic nitrogens is 1. The summed E-state index contributed by atoms with van der Waals surface area (Å²) in [7, 11) is 0. The molecule has 0 aliphatic carbocycles. The molecule has 0 amide bonds. The lowest BCUT2D eigenvalue weighted by molar-refractivity contribution is 0.0282. The third-order valence-corrected chi connectivity index (χ3v) is 5.93. The second-order valence-corrected chi connectivity index (χ2v) is 6.57. The van der Waals surface area contributed by atoms with E-state index in [0.29, 0.717) is 0 Å². The lowest BCUT2D eigenvalue weighted by atomic mass is 9.92.